The summed E-state index contributed by atoms with van der Waals surface area (Å²) in [5.74, 6) is -0.251. The second-order valence-corrected chi connectivity index (χ2v) is 4.35. The van der Waals surface area contributed by atoms with Crippen LogP contribution in [-0.4, -0.2) is 33.7 Å². The Bertz CT molecular complexity index is 271. The van der Waals surface area contributed by atoms with Gasteiger partial charge in [0, 0.05) is 13.1 Å². The number of sulfonamides is 1. The van der Waals surface area contributed by atoms with Crippen LogP contribution in [-0.2, 0) is 14.8 Å². The molecule has 0 aliphatic rings. The summed E-state index contributed by atoms with van der Waals surface area (Å²) in [6, 6.07) is 0. The van der Waals surface area contributed by atoms with E-state index in [4.69, 9.17) is 0 Å². The Labute approximate surface area is 78.3 Å². The van der Waals surface area contributed by atoms with Gasteiger partial charge in [0.05, 0.1) is 6.26 Å². The summed E-state index contributed by atoms with van der Waals surface area (Å²) in [6.07, 6.45) is 2.83. The topological polar surface area (TPSA) is 75.3 Å². The molecule has 76 valence electrons. The lowest BCUT2D eigenvalue weighted by Gasteiger charge is -2.02. The third-order valence-corrected chi connectivity index (χ3v) is 1.93. The minimum Gasteiger partial charge on any atom is -0.353 e. The fraction of sp³-hybridized carbons (Fsp3) is 0.571. The van der Waals surface area contributed by atoms with Crippen LogP contribution in [0.25, 0.3) is 0 Å². The van der Waals surface area contributed by atoms with Gasteiger partial charge in [0.2, 0.25) is 15.9 Å². The summed E-state index contributed by atoms with van der Waals surface area (Å²) in [5.41, 5.74) is 0. The molecule has 0 spiro atoms. The van der Waals surface area contributed by atoms with Gasteiger partial charge in [-0.15, -0.1) is 0 Å². The van der Waals surface area contributed by atoms with Gasteiger partial charge in [0.15, 0.2) is 0 Å². The van der Waals surface area contributed by atoms with E-state index in [-0.39, 0.29) is 5.91 Å². The van der Waals surface area contributed by atoms with Gasteiger partial charge in [0.25, 0.3) is 0 Å². The van der Waals surface area contributed by atoms with Gasteiger partial charge in [-0.05, 0) is 12.5 Å². The van der Waals surface area contributed by atoms with Crippen molar-refractivity contribution in [3.05, 3.63) is 12.7 Å². The molecule has 0 saturated heterocycles. The molecule has 0 fully saturated rings. The standard InChI is InChI=1S/C7H14N2O3S/c1-3-7(10)8-5-4-6-9-13(2,11)12/h3,9H,1,4-6H2,2H3,(H,8,10). The van der Waals surface area contributed by atoms with Crippen LogP contribution in [0.15, 0.2) is 12.7 Å². The quantitative estimate of drug-likeness (QED) is 0.442. The van der Waals surface area contributed by atoms with Gasteiger partial charge in [-0.1, -0.05) is 6.58 Å². The number of nitrogens with one attached hydrogen (secondary N) is 2. The number of hydrogen-bond acceptors (Lipinski definition) is 3. The lowest BCUT2D eigenvalue weighted by atomic mass is 10.4. The maximum atomic E-state index is 10.6. The largest absolute Gasteiger partial charge is 0.353 e. The Morgan fingerprint density at radius 2 is 2.08 bits per heavy atom. The van der Waals surface area contributed by atoms with Gasteiger partial charge in [0.1, 0.15) is 0 Å². The second-order valence-electron chi connectivity index (χ2n) is 2.52. The van der Waals surface area contributed by atoms with E-state index in [2.05, 4.69) is 16.6 Å². The van der Waals surface area contributed by atoms with Crippen LogP contribution in [0.5, 0.6) is 0 Å². The van der Waals surface area contributed by atoms with E-state index in [1.165, 1.54) is 6.08 Å². The van der Waals surface area contributed by atoms with Crippen molar-refractivity contribution < 1.29 is 13.2 Å². The molecule has 0 aromatic rings. The van der Waals surface area contributed by atoms with Crippen molar-refractivity contribution in [2.75, 3.05) is 19.3 Å². The zero-order chi connectivity index (χ0) is 10.3. The zero-order valence-corrected chi connectivity index (χ0v) is 8.36. The van der Waals surface area contributed by atoms with Crippen LogP contribution in [0, 0.1) is 0 Å². The van der Waals surface area contributed by atoms with E-state index in [0.29, 0.717) is 19.5 Å². The molecular formula is C7H14N2O3S. The first kappa shape index (κ1) is 12.1. The molecule has 0 unspecified atom stereocenters. The van der Waals surface area contributed by atoms with E-state index in [1.54, 1.807) is 0 Å². The Balaban J connectivity index is 3.38. The smallest absolute Gasteiger partial charge is 0.243 e. The number of rotatable bonds is 6. The average Bonchev–Trinajstić information content (AvgIpc) is 2.01. The monoisotopic (exact) mass is 206 g/mol. The van der Waals surface area contributed by atoms with Crippen molar-refractivity contribution in [3.8, 4) is 0 Å². The third kappa shape index (κ3) is 9.03. The van der Waals surface area contributed by atoms with Crippen molar-refractivity contribution in [2.24, 2.45) is 0 Å². The fourth-order valence-electron chi connectivity index (χ4n) is 0.630. The molecule has 0 saturated carbocycles. The summed E-state index contributed by atoms with van der Waals surface area (Å²) >= 11 is 0. The van der Waals surface area contributed by atoms with Gasteiger partial charge in [-0.3, -0.25) is 4.79 Å². The molecule has 0 heterocycles. The molecule has 0 rings (SSSR count). The van der Waals surface area contributed by atoms with Gasteiger partial charge in [-0.25, -0.2) is 13.1 Å². The number of carbonyl (C=O) groups excluding carboxylic acids is 1. The zero-order valence-electron chi connectivity index (χ0n) is 7.54. The Morgan fingerprint density at radius 1 is 1.46 bits per heavy atom. The lowest BCUT2D eigenvalue weighted by molar-refractivity contribution is -0.116. The fourth-order valence-corrected chi connectivity index (χ4v) is 1.14. The first-order valence-corrected chi connectivity index (χ1v) is 5.70. The predicted molar refractivity (Wildman–Crippen MR) is 50.7 cm³/mol. The highest BCUT2D eigenvalue weighted by molar-refractivity contribution is 7.88. The summed E-state index contributed by atoms with van der Waals surface area (Å²) in [7, 11) is -3.11. The van der Waals surface area contributed by atoms with Crippen molar-refractivity contribution in [3.63, 3.8) is 0 Å². The third-order valence-electron chi connectivity index (χ3n) is 1.20. The molecule has 0 aliphatic carbocycles. The molecular weight excluding hydrogens is 192 g/mol. The van der Waals surface area contributed by atoms with E-state index >= 15 is 0 Å². The lowest BCUT2D eigenvalue weighted by Crippen LogP contribution is -2.28. The maximum absolute atomic E-state index is 10.6. The normalized spacial score (nSPS) is 10.8. The molecule has 13 heavy (non-hydrogen) atoms. The summed E-state index contributed by atoms with van der Waals surface area (Å²) in [4.78, 5) is 10.6. The van der Waals surface area contributed by atoms with E-state index in [9.17, 15) is 13.2 Å². The number of carbonyl (C=O) groups is 1. The van der Waals surface area contributed by atoms with Crippen molar-refractivity contribution >= 4 is 15.9 Å². The van der Waals surface area contributed by atoms with Crippen molar-refractivity contribution in [1.82, 2.24) is 10.0 Å². The minimum atomic E-state index is -3.11. The highest BCUT2D eigenvalue weighted by atomic mass is 32.2. The van der Waals surface area contributed by atoms with Gasteiger partial charge >= 0.3 is 0 Å². The molecule has 5 nitrogen and oxygen atoms in total. The molecule has 1 amide bonds. The van der Waals surface area contributed by atoms with Gasteiger partial charge < -0.3 is 5.32 Å². The maximum Gasteiger partial charge on any atom is 0.243 e. The second kappa shape index (κ2) is 5.71. The number of hydrogen-bond donors (Lipinski definition) is 2. The minimum absolute atomic E-state index is 0.251. The summed E-state index contributed by atoms with van der Waals surface area (Å²) in [5, 5.41) is 2.53. The first-order valence-electron chi connectivity index (χ1n) is 3.80. The molecule has 2 N–H and O–H groups in total. The average molecular weight is 206 g/mol. The van der Waals surface area contributed by atoms with Crippen LogP contribution in [0.2, 0.25) is 0 Å². The van der Waals surface area contributed by atoms with E-state index in [0.717, 1.165) is 6.26 Å². The van der Waals surface area contributed by atoms with E-state index < -0.39 is 10.0 Å². The molecule has 0 aliphatic heterocycles. The van der Waals surface area contributed by atoms with Crippen LogP contribution in [0.4, 0.5) is 0 Å². The first-order chi connectivity index (χ1) is 5.95. The molecule has 6 heteroatoms. The molecule has 0 aromatic heterocycles. The van der Waals surface area contributed by atoms with Crippen LogP contribution < -0.4 is 10.0 Å². The molecule has 0 atom stereocenters. The van der Waals surface area contributed by atoms with Crippen molar-refractivity contribution in [1.29, 1.82) is 0 Å². The number of amides is 1. The van der Waals surface area contributed by atoms with Crippen LogP contribution in [0.1, 0.15) is 6.42 Å². The summed E-state index contributed by atoms with van der Waals surface area (Å²) < 4.78 is 23.4. The Hall–Kier alpha value is -0.880. The highest BCUT2D eigenvalue weighted by Crippen LogP contribution is 1.78. The van der Waals surface area contributed by atoms with Crippen molar-refractivity contribution in [2.45, 2.75) is 6.42 Å². The van der Waals surface area contributed by atoms with E-state index in [1.807, 2.05) is 0 Å². The Kier molecular flexibility index (Phi) is 5.33. The molecule has 0 bridgehead atoms. The highest BCUT2D eigenvalue weighted by Gasteiger charge is 1.98. The van der Waals surface area contributed by atoms with Crippen LogP contribution in [0.3, 0.4) is 0 Å². The van der Waals surface area contributed by atoms with Gasteiger partial charge in [-0.2, -0.15) is 0 Å². The summed E-state index contributed by atoms with van der Waals surface area (Å²) in [6.45, 7) is 4.04. The Morgan fingerprint density at radius 3 is 2.54 bits per heavy atom. The van der Waals surface area contributed by atoms with Crippen LogP contribution >= 0.6 is 0 Å². The predicted octanol–water partition coefficient (Wildman–Crippen LogP) is -0.772. The molecule has 0 radical (unpaired) electrons. The molecule has 0 aromatic carbocycles. The SMILES string of the molecule is C=CC(=O)NCCCNS(C)(=O)=O.